The third kappa shape index (κ3) is 4.50. The van der Waals surface area contributed by atoms with Gasteiger partial charge in [-0.05, 0) is 18.8 Å². The average Bonchev–Trinajstić information content (AvgIpc) is 1.81. The molecule has 0 spiro atoms. The molecule has 2 nitrogen and oxygen atoms in total. The van der Waals surface area contributed by atoms with E-state index in [0.717, 1.165) is 6.21 Å². The summed E-state index contributed by atoms with van der Waals surface area (Å²) in [5.41, 5.74) is 7.78. The summed E-state index contributed by atoms with van der Waals surface area (Å²) >= 11 is 0. The molecular weight excluding hydrogens is 100 g/mol. The third-order valence-corrected chi connectivity index (χ3v) is 0.382. The first-order valence-electron chi connectivity index (χ1n) is 2.00. The van der Waals surface area contributed by atoms with Crippen LogP contribution in [0.4, 0.5) is 0 Å². The lowest BCUT2D eigenvalue weighted by Crippen LogP contribution is -1.61. The van der Waals surface area contributed by atoms with Gasteiger partial charge in [0.1, 0.15) is 0 Å². The molecule has 0 N–H and O–H groups in total. The molecule has 0 saturated carbocycles. The van der Waals surface area contributed by atoms with Gasteiger partial charge in [-0.15, -0.1) is 0 Å². The van der Waals surface area contributed by atoms with E-state index >= 15 is 0 Å². The first-order chi connectivity index (χ1) is 3.91. The topological polar surface area (TPSA) is 36.4 Å². The lowest BCUT2D eigenvalue weighted by Gasteiger charge is -1.48. The highest BCUT2D eigenvalue weighted by molar-refractivity contribution is 5.74. The minimum absolute atomic E-state index is 1.07. The summed E-state index contributed by atoms with van der Waals surface area (Å²) in [4.78, 5) is 2.64. The maximum absolute atomic E-state index is 7.78. The summed E-state index contributed by atoms with van der Waals surface area (Å²) in [5.74, 6) is 9.82. The fourth-order valence-electron chi connectivity index (χ4n) is 0.160. The van der Waals surface area contributed by atoms with Gasteiger partial charge in [0.25, 0.3) is 0 Å². The Hall–Kier alpha value is -1.50. The molecule has 0 aliphatic rings. The molecule has 0 aliphatic heterocycles. The number of hydrogen-bond donors (Lipinski definition) is 0. The smallest absolute Gasteiger partial charge is 0.331 e. The lowest BCUT2D eigenvalue weighted by atomic mass is 10.6. The van der Waals surface area contributed by atoms with Gasteiger partial charge < -0.3 is 5.53 Å². The van der Waals surface area contributed by atoms with E-state index in [9.17, 15) is 0 Å². The Labute approximate surface area is 48.1 Å². The quantitative estimate of drug-likeness (QED) is 0.183. The molecule has 0 aromatic rings. The van der Waals surface area contributed by atoms with Crippen molar-refractivity contribution in [1.82, 2.24) is 0 Å². The normalized spacial score (nSPS) is 4.12. The van der Waals surface area contributed by atoms with Crippen LogP contribution < -0.4 is 0 Å². The Morgan fingerprint density at radius 3 is 2.75 bits per heavy atom. The van der Waals surface area contributed by atoms with E-state index in [1.807, 2.05) is 0 Å². The average molecular weight is 104 g/mol. The Bertz CT molecular complexity index is 212. The molecule has 0 aromatic heterocycles. The predicted molar refractivity (Wildman–Crippen MR) is 30.9 cm³/mol. The van der Waals surface area contributed by atoms with Crippen molar-refractivity contribution in [3.8, 4) is 23.7 Å². The van der Waals surface area contributed by atoms with Crippen molar-refractivity contribution in [3.05, 3.63) is 5.53 Å². The predicted octanol–water partition coefficient (Wildman–Crippen LogP) is 0.314. The van der Waals surface area contributed by atoms with Gasteiger partial charge in [-0.2, -0.15) is 4.79 Å². The van der Waals surface area contributed by atoms with Gasteiger partial charge in [0.15, 0.2) is 0 Å². The second kappa shape index (κ2) is 5.50. The van der Waals surface area contributed by atoms with Crippen molar-refractivity contribution < 1.29 is 4.79 Å². The summed E-state index contributed by atoms with van der Waals surface area (Å²) in [6.45, 7) is 1.69. The number of hydrogen-bond acceptors (Lipinski definition) is 0. The standard InChI is InChI=1S/C6H4N2/c1-2-3-4-5-6-8-7/h6H,1H3. The molecule has 0 bridgehead atoms. The van der Waals surface area contributed by atoms with E-state index in [2.05, 4.69) is 28.5 Å². The van der Waals surface area contributed by atoms with E-state index in [1.165, 1.54) is 0 Å². The Morgan fingerprint density at radius 1 is 1.50 bits per heavy atom. The highest BCUT2D eigenvalue weighted by Gasteiger charge is 1.57. The minimum Gasteiger partial charge on any atom is -0.361 e. The van der Waals surface area contributed by atoms with Gasteiger partial charge in [-0.1, -0.05) is 5.92 Å². The van der Waals surface area contributed by atoms with E-state index in [4.69, 9.17) is 5.53 Å². The van der Waals surface area contributed by atoms with Crippen LogP contribution in [0.2, 0.25) is 0 Å². The largest absolute Gasteiger partial charge is 0.361 e. The molecule has 0 aromatic carbocycles. The first-order valence-corrected chi connectivity index (χ1v) is 2.00. The monoisotopic (exact) mass is 104 g/mol. The molecule has 0 aliphatic carbocycles. The van der Waals surface area contributed by atoms with Crippen molar-refractivity contribution in [1.29, 1.82) is 0 Å². The van der Waals surface area contributed by atoms with Crippen LogP contribution in [0.1, 0.15) is 6.92 Å². The van der Waals surface area contributed by atoms with Crippen LogP contribution in [0.5, 0.6) is 0 Å². The van der Waals surface area contributed by atoms with Crippen molar-refractivity contribution >= 4 is 6.21 Å². The van der Waals surface area contributed by atoms with Crippen LogP contribution in [-0.4, -0.2) is 11.0 Å². The zero-order valence-electron chi connectivity index (χ0n) is 4.47. The fourth-order valence-corrected chi connectivity index (χ4v) is 0.160. The van der Waals surface area contributed by atoms with Crippen LogP contribution in [0, 0.1) is 23.7 Å². The van der Waals surface area contributed by atoms with Crippen molar-refractivity contribution in [2.75, 3.05) is 0 Å². The summed E-state index contributed by atoms with van der Waals surface area (Å²) in [7, 11) is 0. The highest BCUT2D eigenvalue weighted by Crippen LogP contribution is 1.47. The van der Waals surface area contributed by atoms with Gasteiger partial charge in [0, 0.05) is 5.92 Å². The fraction of sp³-hybridized carbons (Fsp3) is 0.167. The first kappa shape index (κ1) is 6.50. The second-order valence-electron chi connectivity index (χ2n) is 0.889. The molecule has 38 valence electrons. The third-order valence-electron chi connectivity index (χ3n) is 0.382. The molecule has 0 rings (SSSR count). The van der Waals surface area contributed by atoms with Crippen molar-refractivity contribution in [2.24, 2.45) is 0 Å². The highest BCUT2D eigenvalue weighted by atomic mass is 14.8. The maximum Gasteiger partial charge on any atom is 0.331 e. The summed E-state index contributed by atoms with van der Waals surface area (Å²) in [6, 6.07) is 0. The summed E-state index contributed by atoms with van der Waals surface area (Å²) in [5, 5.41) is 0. The van der Waals surface area contributed by atoms with Gasteiger partial charge in [0.05, 0.1) is 0 Å². The molecule has 0 amide bonds. The summed E-state index contributed by atoms with van der Waals surface area (Å²) < 4.78 is 0. The molecule has 0 radical (unpaired) electrons. The van der Waals surface area contributed by atoms with Crippen LogP contribution >= 0.6 is 0 Å². The van der Waals surface area contributed by atoms with Gasteiger partial charge in [-0.3, -0.25) is 0 Å². The number of nitrogens with zero attached hydrogens (tertiary/aromatic N) is 2. The Kier molecular flexibility index (Phi) is 4.47. The summed E-state index contributed by atoms with van der Waals surface area (Å²) in [6.07, 6.45) is 1.07. The maximum atomic E-state index is 7.78. The molecule has 0 saturated heterocycles. The Balaban J connectivity index is 3.80. The molecule has 8 heavy (non-hydrogen) atoms. The molecule has 0 heterocycles. The van der Waals surface area contributed by atoms with Crippen LogP contribution in [0.15, 0.2) is 0 Å². The molecule has 0 fully saturated rings. The molecule has 0 atom stereocenters. The van der Waals surface area contributed by atoms with Gasteiger partial charge in [0.2, 0.25) is 0 Å². The van der Waals surface area contributed by atoms with Gasteiger partial charge in [-0.25, -0.2) is 0 Å². The van der Waals surface area contributed by atoms with Crippen LogP contribution in [0.3, 0.4) is 0 Å². The van der Waals surface area contributed by atoms with E-state index < -0.39 is 0 Å². The molecule has 2 heteroatoms. The molecular formula is C6H4N2. The molecule has 0 unspecified atom stereocenters. The van der Waals surface area contributed by atoms with E-state index in [-0.39, 0.29) is 0 Å². The van der Waals surface area contributed by atoms with Crippen LogP contribution in [-0.2, 0) is 0 Å². The zero-order valence-corrected chi connectivity index (χ0v) is 4.47. The zero-order chi connectivity index (χ0) is 6.24. The minimum atomic E-state index is 1.07. The second-order valence-corrected chi connectivity index (χ2v) is 0.889. The van der Waals surface area contributed by atoms with Gasteiger partial charge >= 0.3 is 6.21 Å². The SMILES string of the molecule is CC#CC#CC=[N+]=[N-]. The van der Waals surface area contributed by atoms with E-state index in [1.54, 1.807) is 6.92 Å². The number of rotatable bonds is 0. The van der Waals surface area contributed by atoms with Crippen LogP contribution in [0.25, 0.3) is 5.53 Å². The van der Waals surface area contributed by atoms with Crippen molar-refractivity contribution in [3.63, 3.8) is 0 Å². The lowest BCUT2D eigenvalue weighted by molar-refractivity contribution is 0.00586. The van der Waals surface area contributed by atoms with E-state index in [0.29, 0.717) is 0 Å². The Morgan fingerprint density at radius 2 is 2.25 bits per heavy atom. The van der Waals surface area contributed by atoms with Crippen molar-refractivity contribution in [2.45, 2.75) is 6.92 Å².